The van der Waals surface area contributed by atoms with E-state index in [1.54, 1.807) is 4.90 Å². The van der Waals surface area contributed by atoms with Gasteiger partial charge in [0.25, 0.3) is 0 Å². The first-order chi connectivity index (χ1) is 11.3. The Hall–Kier alpha value is -2.04. The molecule has 1 fully saturated rings. The SMILES string of the molecule is CC(C)(C)c1ccccc1OC1CCCN(C(=O)CCC(=O)O)C1. The van der Waals surface area contributed by atoms with Gasteiger partial charge in [0, 0.05) is 13.0 Å². The molecule has 1 saturated heterocycles. The zero-order valence-corrected chi connectivity index (χ0v) is 14.7. The molecule has 1 aliphatic heterocycles. The van der Waals surface area contributed by atoms with Gasteiger partial charge < -0.3 is 14.7 Å². The number of likely N-dealkylation sites (tertiary alicyclic amines) is 1. The quantitative estimate of drug-likeness (QED) is 0.898. The van der Waals surface area contributed by atoms with Crippen LogP contribution in [0.2, 0.25) is 0 Å². The van der Waals surface area contributed by atoms with E-state index >= 15 is 0 Å². The summed E-state index contributed by atoms with van der Waals surface area (Å²) in [4.78, 5) is 24.5. The largest absolute Gasteiger partial charge is 0.488 e. The Bertz CT molecular complexity index is 591. The van der Waals surface area contributed by atoms with Crippen molar-refractivity contribution in [2.24, 2.45) is 0 Å². The van der Waals surface area contributed by atoms with E-state index < -0.39 is 5.97 Å². The number of para-hydroxylation sites is 1. The van der Waals surface area contributed by atoms with Gasteiger partial charge in [0.15, 0.2) is 0 Å². The number of carboxylic acid groups (broad SMARTS) is 1. The molecule has 1 atom stereocenters. The Morgan fingerprint density at radius 2 is 1.96 bits per heavy atom. The summed E-state index contributed by atoms with van der Waals surface area (Å²) in [5, 5.41) is 8.72. The highest BCUT2D eigenvalue weighted by atomic mass is 16.5. The van der Waals surface area contributed by atoms with E-state index in [4.69, 9.17) is 9.84 Å². The average molecular weight is 333 g/mol. The number of ether oxygens (including phenoxy) is 1. The minimum absolute atomic E-state index is 0.0117. The fourth-order valence-electron chi connectivity index (χ4n) is 3.00. The molecule has 132 valence electrons. The van der Waals surface area contributed by atoms with E-state index in [1.807, 2.05) is 18.2 Å². The lowest BCUT2D eigenvalue weighted by Crippen LogP contribution is -2.44. The van der Waals surface area contributed by atoms with Crippen LogP contribution in [-0.4, -0.2) is 41.1 Å². The van der Waals surface area contributed by atoms with Crippen molar-refractivity contribution in [3.05, 3.63) is 29.8 Å². The number of benzene rings is 1. The van der Waals surface area contributed by atoms with Crippen molar-refractivity contribution >= 4 is 11.9 Å². The first-order valence-corrected chi connectivity index (χ1v) is 8.53. The zero-order chi connectivity index (χ0) is 17.7. The fourth-order valence-corrected chi connectivity index (χ4v) is 3.00. The molecule has 5 heteroatoms. The first kappa shape index (κ1) is 18.3. The smallest absolute Gasteiger partial charge is 0.303 e. The van der Waals surface area contributed by atoms with E-state index in [1.165, 1.54) is 0 Å². The molecule has 0 aromatic heterocycles. The van der Waals surface area contributed by atoms with Crippen molar-refractivity contribution in [2.45, 2.75) is 58.0 Å². The Kier molecular flexibility index (Phi) is 5.86. The molecule has 0 bridgehead atoms. The second kappa shape index (κ2) is 7.69. The van der Waals surface area contributed by atoms with Gasteiger partial charge in [0.1, 0.15) is 11.9 Å². The van der Waals surface area contributed by atoms with Crippen molar-refractivity contribution in [3.63, 3.8) is 0 Å². The lowest BCUT2D eigenvalue weighted by Gasteiger charge is -2.34. The van der Waals surface area contributed by atoms with Gasteiger partial charge >= 0.3 is 5.97 Å². The van der Waals surface area contributed by atoms with Gasteiger partial charge in [0.05, 0.1) is 13.0 Å². The van der Waals surface area contributed by atoms with Gasteiger partial charge in [-0.15, -0.1) is 0 Å². The number of carbonyl (C=O) groups excluding carboxylic acids is 1. The van der Waals surface area contributed by atoms with Crippen molar-refractivity contribution in [3.8, 4) is 5.75 Å². The van der Waals surface area contributed by atoms with Gasteiger partial charge in [-0.1, -0.05) is 39.0 Å². The molecule has 0 radical (unpaired) electrons. The van der Waals surface area contributed by atoms with E-state index in [-0.39, 0.29) is 30.3 Å². The van der Waals surface area contributed by atoms with Crippen LogP contribution in [0.15, 0.2) is 24.3 Å². The summed E-state index contributed by atoms with van der Waals surface area (Å²) in [6, 6.07) is 8.03. The summed E-state index contributed by atoms with van der Waals surface area (Å²) in [5.41, 5.74) is 1.14. The minimum Gasteiger partial charge on any atom is -0.488 e. The predicted molar refractivity (Wildman–Crippen MR) is 92.2 cm³/mol. The normalized spacial score (nSPS) is 18.3. The summed E-state index contributed by atoms with van der Waals surface area (Å²) < 4.78 is 6.21. The summed E-state index contributed by atoms with van der Waals surface area (Å²) in [5.74, 6) is -0.170. The third kappa shape index (κ3) is 4.98. The van der Waals surface area contributed by atoms with E-state index in [9.17, 15) is 9.59 Å². The molecule has 1 aromatic rings. The molecular formula is C19H27NO4. The third-order valence-electron chi connectivity index (χ3n) is 4.27. The predicted octanol–water partition coefficient (Wildman–Crippen LogP) is 3.22. The topological polar surface area (TPSA) is 66.8 Å². The summed E-state index contributed by atoms with van der Waals surface area (Å²) in [6.07, 6.45) is 1.67. The van der Waals surface area contributed by atoms with Gasteiger partial charge in [-0.25, -0.2) is 0 Å². The second-order valence-corrected chi connectivity index (χ2v) is 7.36. The number of nitrogens with zero attached hydrogens (tertiary/aromatic N) is 1. The van der Waals surface area contributed by atoms with Crippen LogP contribution in [0.5, 0.6) is 5.75 Å². The van der Waals surface area contributed by atoms with Gasteiger partial charge in [-0.3, -0.25) is 9.59 Å². The van der Waals surface area contributed by atoms with Crippen molar-refractivity contribution in [2.75, 3.05) is 13.1 Å². The lowest BCUT2D eigenvalue weighted by molar-refractivity contribution is -0.141. The number of carboxylic acids is 1. The van der Waals surface area contributed by atoms with Crippen molar-refractivity contribution < 1.29 is 19.4 Å². The van der Waals surface area contributed by atoms with Gasteiger partial charge in [-0.2, -0.15) is 0 Å². The number of piperidine rings is 1. The van der Waals surface area contributed by atoms with E-state index in [0.29, 0.717) is 13.1 Å². The number of hydrogen-bond acceptors (Lipinski definition) is 3. The molecule has 1 unspecified atom stereocenters. The van der Waals surface area contributed by atoms with Crippen LogP contribution >= 0.6 is 0 Å². The molecule has 0 saturated carbocycles. The van der Waals surface area contributed by atoms with Crippen LogP contribution in [0.4, 0.5) is 0 Å². The molecule has 1 N–H and O–H groups in total. The Labute approximate surface area is 143 Å². The lowest BCUT2D eigenvalue weighted by atomic mass is 9.86. The number of amides is 1. The maximum atomic E-state index is 12.1. The maximum Gasteiger partial charge on any atom is 0.303 e. The van der Waals surface area contributed by atoms with Crippen LogP contribution in [0.1, 0.15) is 52.0 Å². The maximum absolute atomic E-state index is 12.1. The first-order valence-electron chi connectivity index (χ1n) is 8.53. The van der Waals surface area contributed by atoms with Crippen molar-refractivity contribution in [1.82, 2.24) is 4.90 Å². The number of rotatable bonds is 5. The number of aliphatic carboxylic acids is 1. The highest BCUT2D eigenvalue weighted by molar-refractivity contribution is 5.80. The second-order valence-electron chi connectivity index (χ2n) is 7.36. The number of carbonyl (C=O) groups is 2. The summed E-state index contributed by atoms with van der Waals surface area (Å²) in [7, 11) is 0. The summed E-state index contributed by atoms with van der Waals surface area (Å²) >= 11 is 0. The third-order valence-corrected chi connectivity index (χ3v) is 4.27. The summed E-state index contributed by atoms with van der Waals surface area (Å²) in [6.45, 7) is 7.66. The van der Waals surface area contributed by atoms with Crippen LogP contribution < -0.4 is 4.74 Å². The molecule has 5 nitrogen and oxygen atoms in total. The monoisotopic (exact) mass is 333 g/mol. The molecular weight excluding hydrogens is 306 g/mol. The fraction of sp³-hybridized carbons (Fsp3) is 0.579. The van der Waals surface area contributed by atoms with Crippen LogP contribution in [0, 0.1) is 0 Å². The Morgan fingerprint density at radius 1 is 1.25 bits per heavy atom. The molecule has 2 rings (SSSR count). The van der Waals surface area contributed by atoms with E-state index in [2.05, 4.69) is 26.8 Å². The standard InChI is InChI=1S/C19H27NO4/c1-19(2,3)15-8-4-5-9-16(15)24-14-7-6-12-20(13-14)17(21)10-11-18(22)23/h4-5,8-9,14H,6-7,10-13H2,1-3H3,(H,22,23). The van der Waals surface area contributed by atoms with Crippen LogP contribution in [0.3, 0.4) is 0 Å². The highest BCUT2D eigenvalue weighted by Gasteiger charge is 2.27. The molecule has 1 amide bonds. The molecule has 1 aromatic carbocycles. The van der Waals surface area contributed by atoms with E-state index in [0.717, 1.165) is 24.2 Å². The zero-order valence-electron chi connectivity index (χ0n) is 14.7. The molecule has 1 aliphatic rings. The highest BCUT2D eigenvalue weighted by Crippen LogP contribution is 2.32. The van der Waals surface area contributed by atoms with Crippen LogP contribution in [-0.2, 0) is 15.0 Å². The molecule has 1 heterocycles. The van der Waals surface area contributed by atoms with Crippen LogP contribution in [0.25, 0.3) is 0 Å². The average Bonchev–Trinajstić information content (AvgIpc) is 2.52. The Balaban J connectivity index is 2.01. The number of hydrogen-bond donors (Lipinski definition) is 1. The molecule has 0 spiro atoms. The minimum atomic E-state index is -0.938. The Morgan fingerprint density at radius 3 is 2.62 bits per heavy atom. The van der Waals surface area contributed by atoms with Crippen molar-refractivity contribution in [1.29, 1.82) is 0 Å². The molecule has 0 aliphatic carbocycles. The van der Waals surface area contributed by atoms with Gasteiger partial charge in [0.2, 0.25) is 5.91 Å². The van der Waals surface area contributed by atoms with Gasteiger partial charge in [-0.05, 0) is 29.9 Å². The molecule has 24 heavy (non-hydrogen) atoms.